The maximum absolute atomic E-state index is 13.3. The zero-order valence-electron chi connectivity index (χ0n) is 15.9. The fourth-order valence-electron chi connectivity index (χ4n) is 2.84. The highest BCUT2D eigenvalue weighted by Gasteiger charge is 2.25. The van der Waals surface area contributed by atoms with Crippen LogP contribution in [0, 0.1) is 5.82 Å². The Morgan fingerprint density at radius 3 is 1.47 bits per heavy atom. The lowest BCUT2D eigenvalue weighted by Gasteiger charge is -2.11. The average molecular weight is 402 g/mol. The van der Waals surface area contributed by atoms with E-state index in [9.17, 15) is 24.2 Å². The first-order chi connectivity index (χ1) is 14.4. The van der Waals surface area contributed by atoms with Crippen LogP contribution >= 0.6 is 0 Å². The molecule has 3 rings (SSSR count). The van der Waals surface area contributed by atoms with E-state index in [0.29, 0.717) is 16.7 Å². The molecule has 3 aromatic rings. The van der Waals surface area contributed by atoms with Crippen LogP contribution in [0.4, 0.5) is 4.39 Å². The summed E-state index contributed by atoms with van der Waals surface area (Å²) in [5, 5.41) is 18.7. The van der Waals surface area contributed by atoms with Gasteiger partial charge in [0.15, 0.2) is 11.6 Å². The van der Waals surface area contributed by atoms with Crippen molar-refractivity contribution in [3.8, 4) is 11.5 Å². The number of ketones is 2. The molecule has 0 aliphatic rings. The number of aromatic hydroxyl groups is 2. The molecule has 0 aromatic heterocycles. The van der Waals surface area contributed by atoms with E-state index in [2.05, 4.69) is 0 Å². The van der Waals surface area contributed by atoms with Crippen LogP contribution in [0.5, 0.6) is 11.5 Å². The molecule has 0 atom stereocenters. The third-order valence-corrected chi connectivity index (χ3v) is 4.44. The lowest BCUT2D eigenvalue weighted by atomic mass is 9.89. The van der Waals surface area contributed by atoms with Gasteiger partial charge in [-0.25, -0.2) is 4.39 Å². The van der Waals surface area contributed by atoms with Crippen molar-refractivity contribution in [2.24, 2.45) is 0 Å². The second-order valence-electron chi connectivity index (χ2n) is 6.64. The normalized spacial score (nSPS) is 11.4. The van der Waals surface area contributed by atoms with Crippen molar-refractivity contribution in [2.45, 2.75) is 5.92 Å². The largest absolute Gasteiger partial charge is 0.508 e. The molecule has 0 aliphatic heterocycles. The molecule has 0 aliphatic carbocycles. The zero-order valence-corrected chi connectivity index (χ0v) is 15.9. The van der Waals surface area contributed by atoms with Gasteiger partial charge in [0.05, 0.1) is 0 Å². The van der Waals surface area contributed by atoms with Crippen molar-refractivity contribution in [3.05, 3.63) is 107 Å². The highest BCUT2D eigenvalue weighted by atomic mass is 19.1. The monoisotopic (exact) mass is 402 g/mol. The lowest BCUT2D eigenvalue weighted by molar-refractivity contribution is -0.124. The van der Waals surface area contributed by atoms with Gasteiger partial charge in [-0.1, -0.05) is 48.6 Å². The fraction of sp³-hybridized carbons (Fsp3) is 0.0400. The van der Waals surface area contributed by atoms with Gasteiger partial charge in [0, 0.05) is 0 Å². The number of carbonyl (C=O) groups excluding carboxylic acids is 2. The molecule has 0 radical (unpaired) electrons. The Bertz CT molecular complexity index is 1010. The summed E-state index contributed by atoms with van der Waals surface area (Å²) in [5.74, 6) is -2.26. The predicted molar refractivity (Wildman–Crippen MR) is 113 cm³/mol. The van der Waals surface area contributed by atoms with Crippen LogP contribution in [0.1, 0.15) is 22.6 Å². The molecular weight excluding hydrogens is 383 g/mol. The van der Waals surface area contributed by atoms with Gasteiger partial charge < -0.3 is 10.2 Å². The summed E-state index contributed by atoms with van der Waals surface area (Å²) < 4.78 is 13.3. The van der Waals surface area contributed by atoms with E-state index in [4.69, 9.17) is 0 Å². The van der Waals surface area contributed by atoms with Crippen molar-refractivity contribution in [2.75, 3.05) is 0 Å². The maximum atomic E-state index is 13.3. The van der Waals surface area contributed by atoms with Gasteiger partial charge in [0.2, 0.25) is 0 Å². The van der Waals surface area contributed by atoms with Crippen LogP contribution in [0.3, 0.4) is 0 Å². The van der Waals surface area contributed by atoms with E-state index in [1.807, 2.05) is 0 Å². The summed E-state index contributed by atoms with van der Waals surface area (Å²) in [4.78, 5) is 25.7. The zero-order chi connectivity index (χ0) is 21.5. The Morgan fingerprint density at radius 2 is 1.07 bits per heavy atom. The summed E-state index contributed by atoms with van der Waals surface area (Å²) >= 11 is 0. The molecule has 0 unspecified atom stereocenters. The van der Waals surface area contributed by atoms with Crippen molar-refractivity contribution >= 4 is 23.7 Å². The molecular formula is C25H19FO4. The van der Waals surface area contributed by atoms with E-state index in [0.717, 1.165) is 0 Å². The summed E-state index contributed by atoms with van der Waals surface area (Å²) in [6.45, 7) is 0. The molecule has 0 heterocycles. The van der Waals surface area contributed by atoms with Crippen molar-refractivity contribution in [3.63, 3.8) is 0 Å². The van der Waals surface area contributed by atoms with E-state index in [1.54, 1.807) is 36.4 Å². The summed E-state index contributed by atoms with van der Waals surface area (Å²) in [6, 6.07) is 17.8. The van der Waals surface area contributed by atoms with E-state index in [1.165, 1.54) is 60.7 Å². The number of rotatable bonds is 7. The van der Waals surface area contributed by atoms with Gasteiger partial charge in [0.1, 0.15) is 23.2 Å². The van der Waals surface area contributed by atoms with Gasteiger partial charge in [-0.3, -0.25) is 9.59 Å². The Kier molecular flexibility index (Phi) is 6.55. The number of benzene rings is 3. The maximum Gasteiger partial charge on any atom is 0.170 e. The first-order valence-corrected chi connectivity index (χ1v) is 9.20. The minimum Gasteiger partial charge on any atom is -0.508 e. The molecule has 0 bridgehead atoms. The molecule has 0 saturated carbocycles. The van der Waals surface area contributed by atoms with E-state index >= 15 is 0 Å². The summed E-state index contributed by atoms with van der Waals surface area (Å²) in [5.41, 5.74) is 1.76. The van der Waals surface area contributed by atoms with Crippen LogP contribution in [0.2, 0.25) is 0 Å². The fourth-order valence-corrected chi connectivity index (χ4v) is 2.84. The number of phenols is 2. The van der Waals surface area contributed by atoms with E-state index < -0.39 is 23.3 Å². The third kappa shape index (κ3) is 5.52. The average Bonchev–Trinajstić information content (AvgIpc) is 2.74. The van der Waals surface area contributed by atoms with Crippen molar-refractivity contribution in [1.82, 2.24) is 0 Å². The van der Waals surface area contributed by atoms with Crippen LogP contribution in [0.25, 0.3) is 12.2 Å². The molecule has 0 spiro atoms. The molecule has 150 valence electrons. The molecule has 0 fully saturated rings. The van der Waals surface area contributed by atoms with Crippen molar-refractivity contribution in [1.29, 1.82) is 0 Å². The SMILES string of the molecule is O=C(/C=C/c1ccc(O)cc1)C(C(=O)/C=C/c1ccc(O)cc1)c1ccc(F)cc1. The standard InChI is InChI=1S/C25H19FO4/c26-20-9-7-19(8-10-20)25(23(29)15-5-17-1-11-21(27)12-2-17)24(30)16-6-18-3-13-22(28)14-4-18/h1-16,25,27-28H/b15-5+,16-6+. The molecule has 3 aromatic carbocycles. The first kappa shape index (κ1) is 20.7. The highest BCUT2D eigenvalue weighted by molar-refractivity contribution is 6.17. The first-order valence-electron chi connectivity index (χ1n) is 9.20. The molecule has 5 heteroatoms. The Morgan fingerprint density at radius 1 is 0.667 bits per heavy atom. The number of phenolic OH excluding ortho intramolecular Hbond substituents is 2. The topological polar surface area (TPSA) is 74.6 Å². The Balaban J connectivity index is 1.86. The van der Waals surface area contributed by atoms with Crippen LogP contribution < -0.4 is 0 Å². The van der Waals surface area contributed by atoms with Gasteiger partial charge in [-0.2, -0.15) is 0 Å². The molecule has 4 nitrogen and oxygen atoms in total. The van der Waals surface area contributed by atoms with Gasteiger partial charge >= 0.3 is 0 Å². The molecule has 30 heavy (non-hydrogen) atoms. The number of halogens is 1. The van der Waals surface area contributed by atoms with Crippen molar-refractivity contribution < 1.29 is 24.2 Å². The van der Waals surface area contributed by atoms with Gasteiger partial charge in [-0.15, -0.1) is 0 Å². The third-order valence-electron chi connectivity index (χ3n) is 4.44. The molecule has 0 amide bonds. The quantitative estimate of drug-likeness (QED) is 0.436. The number of allylic oxidation sites excluding steroid dienone is 2. The predicted octanol–water partition coefficient (Wildman–Crippen LogP) is 4.89. The van der Waals surface area contributed by atoms with Gasteiger partial charge in [-0.05, 0) is 65.2 Å². The smallest absolute Gasteiger partial charge is 0.170 e. The van der Waals surface area contributed by atoms with Crippen LogP contribution in [-0.2, 0) is 9.59 Å². The number of hydrogen-bond donors (Lipinski definition) is 2. The second kappa shape index (κ2) is 9.47. The summed E-state index contributed by atoms with van der Waals surface area (Å²) in [7, 11) is 0. The minimum absolute atomic E-state index is 0.109. The van der Waals surface area contributed by atoms with E-state index in [-0.39, 0.29) is 11.5 Å². The number of hydrogen-bond acceptors (Lipinski definition) is 4. The summed E-state index contributed by atoms with van der Waals surface area (Å²) in [6.07, 6.45) is 5.70. The highest BCUT2D eigenvalue weighted by Crippen LogP contribution is 2.22. The van der Waals surface area contributed by atoms with Gasteiger partial charge in [0.25, 0.3) is 0 Å². The lowest BCUT2D eigenvalue weighted by Crippen LogP contribution is -2.19. The van der Waals surface area contributed by atoms with Crippen LogP contribution in [0.15, 0.2) is 84.9 Å². The molecule has 0 saturated heterocycles. The molecule has 2 N–H and O–H groups in total. The Labute approximate surface area is 173 Å². The van der Waals surface area contributed by atoms with Crippen LogP contribution in [-0.4, -0.2) is 21.8 Å². The second-order valence-corrected chi connectivity index (χ2v) is 6.64. The Hall–Kier alpha value is -3.99. The number of carbonyl (C=O) groups is 2. The minimum atomic E-state index is -1.12.